The Hall–Kier alpha value is -0.960. The van der Waals surface area contributed by atoms with Crippen LogP contribution in [-0.4, -0.2) is 17.2 Å². The lowest BCUT2D eigenvalue weighted by molar-refractivity contribution is 0.214. The fourth-order valence-electron chi connectivity index (χ4n) is 1.54. The van der Waals surface area contributed by atoms with Gasteiger partial charge in [0, 0.05) is 7.05 Å². The number of thiol groups is 1. The number of benzene rings is 1. The molecule has 1 aromatic rings. The van der Waals surface area contributed by atoms with E-state index >= 15 is 0 Å². The molecule has 0 fully saturated rings. The summed E-state index contributed by atoms with van der Waals surface area (Å²) in [6, 6.07) is 10.1. The first-order chi connectivity index (χ1) is 6.66. The Balaban J connectivity index is 2.87. The minimum atomic E-state index is -0.194. The second kappa shape index (κ2) is 5.05. The van der Waals surface area contributed by atoms with Crippen LogP contribution in [0.1, 0.15) is 24.9 Å². The summed E-state index contributed by atoms with van der Waals surface area (Å²) in [6.07, 6.45) is 0.896. The van der Waals surface area contributed by atoms with Crippen molar-refractivity contribution < 1.29 is 4.79 Å². The molecule has 0 aliphatic heterocycles. The van der Waals surface area contributed by atoms with E-state index in [-0.39, 0.29) is 11.3 Å². The van der Waals surface area contributed by atoms with E-state index in [1.165, 1.54) is 0 Å². The molecular weight excluding hydrogens is 194 g/mol. The molecule has 0 N–H and O–H groups in total. The number of nitrogens with zero attached hydrogens (tertiary/aromatic N) is 1. The summed E-state index contributed by atoms with van der Waals surface area (Å²) in [5.74, 6) is 0. The quantitative estimate of drug-likeness (QED) is 0.758. The Morgan fingerprint density at radius 3 is 2.43 bits per heavy atom. The second-order valence-electron chi connectivity index (χ2n) is 3.23. The maximum atomic E-state index is 11.1. The van der Waals surface area contributed by atoms with Crippen LogP contribution in [0.4, 0.5) is 4.79 Å². The number of rotatable bonds is 3. The normalized spacial score (nSPS) is 12.2. The van der Waals surface area contributed by atoms with Crippen LogP contribution < -0.4 is 0 Å². The predicted molar refractivity (Wildman–Crippen MR) is 61.6 cm³/mol. The minimum Gasteiger partial charge on any atom is -0.330 e. The van der Waals surface area contributed by atoms with Crippen LogP contribution in [0.5, 0.6) is 0 Å². The van der Waals surface area contributed by atoms with Gasteiger partial charge in [-0.2, -0.15) is 0 Å². The fraction of sp³-hybridized carbons (Fsp3) is 0.364. The third kappa shape index (κ3) is 2.51. The van der Waals surface area contributed by atoms with E-state index in [4.69, 9.17) is 0 Å². The zero-order chi connectivity index (χ0) is 10.6. The smallest absolute Gasteiger partial charge is 0.278 e. The molecule has 0 aromatic heterocycles. The first-order valence-corrected chi connectivity index (χ1v) is 5.12. The van der Waals surface area contributed by atoms with Crippen molar-refractivity contribution in [2.45, 2.75) is 19.4 Å². The molecule has 1 unspecified atom stereocenters. The minimum absolute atomic E-state index is 0.126. The Labute approximate surface area is 90.3 Å². The van der Waals surface area contributed by atoms with Crippen LogP contribution in [0.2, 0.25) is 0 Å². The van der Waals surface area contributed by atoms with E-state index in [0.29, 0.717) is 0 Å². The van der Waals surface area contributed by atoms with Crippen molar-refractivity contribution in [3.8, 4) is 0 Å². The van der Waals surface area contributed by atoms with Gasteiger partial charge in [-0.3, -0.25) is 4.79 Å². The Morgan fingerprint density at radius 2 is 2.00 bits per heavy atom. The van der Waals surface area contributed by atoms with Crippen molar-refractivity contribution in [2.75, 3.05) is 7.05 Å². The maximum Gasteiger partial charge on any atom is 0.278 e. The zero-order valence-corrected chi connectivity index (χ0v) is 9.37. The van der Waals surface area contributed by atoms with E-state index in [9.17, 15) is 4.79 Å². The molecule has 0 bridgehead atoms. The summed E-state index contributed by atoms with van der Waals surface area (Å²) in [7, 11) is 1.77. The highest BCUT2D eigenvalue weighted by Gasteiger charge is 2.16. The number of amides is 1. The van der Waals surface area contributed by atoms with Crippen LogP contribution in [0.25, 0.3) is 0 Å². The van der Waals surface area contributed by atoms with Crippen LogP contribution in [0, 0.1) is 0 Å². The molecule has 0 aliphatic rings. The highest BCUT2D eigenvalue weighted by atomic mass is 32.1. The Bertz CT molecular complexity index is 299. The lowest BCUT2D eigenvalue weighted by atomic mass is 10.0. The molecule has 0 saturated heterocycles. The molecule has 1 aromatic carbocycles. The molecule has 3 heteroatoms. The number of carbonyl (C=O) groups excluding carboxylic acids is 1. The van der Waals surface area contributed by atoms with Crippen molar-refractivity contribution in [1.82, 2.24) is 4.90 Å². The standard InChI is InChI=1S/C11H15NOS/c1-3-10(12(2)11(13)14)9-7-5-4-6-8-9/h4-8,10H,3H2,1-2H3,(H,13,14). The summed E-state index contributed by atoms with van der Waals surface area (Å²) in [6.45, 7) is 2.06. The lowest BCUT2D eigenvalue weighted by Crippen LogP contribution is -2.26. The van der Waals surface area contributed by atoms with E-state index in [0.717, 1.165) is 12.0 Å². The van der Waals surface area contributed by atoms with Crippen LogP contribution >= 0.6 is 12.6 Å². The first-order valence-electron chi connectivity index (χ1n) is 4.67. The molecule has 0 aliphatic carbocycles. The predicted octanol–water partition coefficient (Wildman–Crippen LogP) is 3.12. The van der Waals surface area contributed by atoms with Crippen molar-refractivity contribution in [3.63, 3.8) is 0 Å². The maximum absolute atomic E-state index is 11.1. The van der Waals surface area contributed by atoms with Gasteiger partial charge in [0.2, 0.25) is 0 Å². The molecule has 1 amide bonds. The third-order valence-electron chi connectivity index (χ3n) is 2.34. The van der Waals surface area contributed by atoms with E-state index in [1.807, 2.05) is 30.3 Å². The van der Waals surface area contributed by atoms with Gasteiger partial charge >= 0.3 is 0 Å². The summed E-state index contributed by atoms with van der Waals surface area (Å²) in [5, 5.41) is -0.194. The molecule has 1 rings (SSSR count). The zero-order valence-electron chi connectivity index (χ0n) is 8.47. The van der Waals surface area contributed by atoms with Gasteiger partial charge in [-0.05, 0) is 12.0 Å². The molecule has 76 valence electrons. The van der Waals surface area contributed by atoms with Gasteiger partial charge in [0.25, 0.3) is 5.24 Å². The largest absolute Gasteiger partial charge is 0.330 e. The molecule has 0 radical (unpaired) electrons. The fourth-order valence-corrected chi connectivity index (χ4v) is 1.68. The van der Waals surface area contributed by atoms with Crippen molar-refractivity contribution in [2.24, 2.45) is 0 Å². The molecule has 0 saturated carbocycles. The molecule has 2 nitrogen and oxygen atoms in total. The Morgan fingerprint density at radius 1 is 1.43 bits per heavy atom. The van der Waals surface area contributed by atoms with Gasteiger partial charge in [0.15, 0.2) is 0 Å². The first kappa shape index (κ1) is 11.1. The number of carbonyl (C=O) groups is 1. The van der Waals surface area contributed by atoms with Crippen LogP contribution in [0.3, 0.4) is 0 Å². The van der Waals surface area contributed by atoms with Crippen LogP contribution in [0.15, 0.2) is 30.3 Å². The third-order valence-corrected chi connectivity index (χ3v) is 2.66. The summed E-state index contributed by atoms with van der Waals surface area (Å²) >= 11 is 3.82. The lowest BCUT2D eigenvalue weighted by Gasteiger charge is -2.25. The summed E-state index contributed by atoms with van der Waals surface area (Å²) < 4.78 is 0. The summed E-state index contributed by atoms with van der Waals surface area (Å²) in [4.78, 5) is 12.8. The van der Waals surface area contributed by atoms with Gasteiger partial charge in [-0.1, -0.05) is 49.9 Å². The van der Waals surface area contributed by atoms with Crippen molar-refractivity contribution in [1.29, 1.82) is 0 Å². The van der Waals surface area contributed by atoms with Gasteiger partial charge in [-0.25, -0.2) is 0 Å². The van der Waals surface area contributed by atoms with Crippen LogP contribution in [-0.2, 0) is 0 Å². The average molecular weight is 209 g/mol. The van der Waals surface area contributed by atoms with E-state index in [1.54, 1.807) is 11.9 Å². The van der Waals surface area contributed by atoms with Crippen molar-refractivity contribution >= 4 is 17.9 Å². The van der Waals surface area contributed by atoms with E-state index < -0.39 is 0 Å². The van der Waals surface area contributed by atoms with Gasteiger partial charge in [-0.15, -0.1) is 0 Å². The van der Waals surface area contributed by atoms with Gasteiger partial charge < -0.3 is 4.90 Å². The highest BCUT2D eigenvalue weighted by Crippen LogP contribution is 2.23. The molecule has 1 atom stereocenters. The SMILES string of the molecule is CCC(c1ccccc1)N(C)C(=O)S. The topological polar surface area (TPSA) is 20.3 Å². The molecule has 0 heterocycles. The van der Waals surface area contributed by atoms with Gasteiger partial charge in [0.05, 0.1) is 6.04 Å². The molecule has 14 heavy (non-hydrogen) atoms. The number of hydrogen-bond acceptors (Lipinski definition) is 1. The second-order valence-corrected chi connectivity index (χ2v) is 3.61. The van der Waals surface area contributed by atoms with E-state index in [2.05, 4.69) is 19.6 Å². The monoisotopic (exact) mass is 209 g/mol. The summed E-state index contributed by atoms with van der Waals surface area (Å²) in [5.41, 5.74) is 1.15. The van der Waals surface area contributed by atoms with Gasteiger partial charge in [0.1, 0.15) is 0 Å². The Kier molecular flexibility index (Phi) is 4.01. The average Bonchev–Trinajstić information content (AvgIpc) is 2.20. The molecule has 0 spiro atoms. The molecular formula is C11H15NOS. The number of hydrogen-bond donors (Lipinski definition) is 1. The van der Waals surface area contributed by atoms with Crippen molar-refractivity contribution in [3.05, 3.63) is 35.9 Å². The highest BCUT2D eigenvalue weighted by molar-refractivity contribution is 7.96.